The van der Waals surface area contributed by atoms with Crippen molar-refractivity contribution in [3.63, 3.8) is 0 Å². The van der Waals surface area contributed by atoms with Gasteiger partial charge in [0.15, 0.2) is 5.82 Å². The summed E-state index contributed by atoms with van der Waals surface area (Å²) in [5, 5.41) is 11.3. The Morgan fingerprint density at radius 1 is 1.50 bits per heavy atom. The molecule has 0 atom stereocenters. The van der Waals surface area contributed by atoms with Crippen LogP contribution >= 0.6 is 0 Å². The molecule has 14 heavy (non-hydrogen) atoms. The van der Waals surface area contributed by atoms with Gasteiger partial charge in [-0.15, -0.1) is 5.10 Å². The van der Waals surface area contributed by atoms with Crippen molar-refractivity contribution in [1.29, 1.82) is 0 Å². The molecule has 0 unspecified atom stereocenters. The topological polar surface area (TPSA) is 78.9 Å². The van der Waals surface area contributed by atoms with Gasteiger partial charge in [-0.3, -0.25) is 0 Å². The molecule has 0 fully saturated rings. The van der Waals surface area contributed by atoms with E-state index in [4.69, 9.17) is 10.5 Å². The molecule has 80 valence electrons. The monoisotopic (exact) mass is 199 g/mol. The van der Waals surface area contributed by atoms with E-state index in [9.17, 15) is 0 Å². The Kier molecular flexibility index (Phi) is 5.09. The highest BCUT2D eigenvalue weighted by molar-refractivity contribution is 4.76. The van der Waals surface area contributed by atoms with Crippen LogP contribution in [0.25, 0.3) is 0 Å². The summed E-state index contributed by atoms with van der Waals surface area (Å²) in [6.07, 6.45) is 1.89. The summed E-state index contributed by atoms with van der Waals surface area (Å²) in [6, 6.07) is 0. The molecule has 2 N–H and O–H groups in total. The van der Waals surface area contributed by atoms with Gasteiger partial charge < -0.3 is 10.5 Å². The Morgan fingerprint density at radius 2 is 2.36 bits per heavy atom. The van der Waals surface area contributed by atoms with Crippen molar-refractivity contribution in [1.82, 2.24) is 20.2 Å². The molecule has 0 aromatic carbocycles. The Morgan fingerprint density at radius 3 is 3.07 bits per heavy atom. The first-order valence-corrected chi connectivity index (χ1v) is 4.91. The van der Waals surface area contributed by atoms with Crippen LogP contribution in [0, 0.1) is 0 Å². The van der Waals surface area contributed by atoms with Crippen LogP contribution in [0.2, 0.25) is 0 Å². The van der Waals surface area contributed by atoms with Gasteiger partial charge in [-0.05, 0) is 29.8 Å². The lowest BCUT2D eigenvalue weighted by Gasteiger charge is -2.03. The third kappa shape index (κ3) is 3.39. The fourth-order valence-corrected chi connectivity index (χ4v) is 1.05. The smallest absolute Gasteiger partial charge is 0.177 e. The molecule has 0 amide bonds. The van der Waals surface area contributed by atoms with Crippen LogP contribution in [0.1, 0.15) is 25.6 Å². The van der Waals surface area contributed by atoms with Crippen LogP contribution in [-0.4, -0.2) is 33.4 Å². The van der Waals surface area contributed by atoms with Gasteiger partial charge in [0.2, 0.25) is 0 Å². The van der Waals surface area contributed by atoms with Crippen LogP contribution in [0.15, 0.2) is 0 Å². The summed E-state index contributed by atoms with van der Waals surface area (Å²) >= 11 is 0. The summed E-state index contributed by atoms with van der Waals surface area (Å²) in [5.74, 6) is 0.770. The van der Waals surface area contributed by atoms with Crippen LogP contribution in [0.5, 0.6) is 0 Å². The van der Waals surface area contributed by atoms with E-state index in [0.717, 1.165) is 31.8 Å². The number of rotatable bonds is 7. The zero-order valence-corrected chi connectivity index (χ0v) is 8.52. The summed E-state index contributed by atoms with van der Waals surface area (Å²) < 4.78 is 7.09. The third-order valence-electron chi connectivity index (χ3n) is 1.76. The lowest BCUT2D eigenvalue weighted by molar-refractivity contribution is 0.112. The summed E-state index contributed by atoms with van der Waals surface area (Å²) in [4.78, 5) is 0. The first-order valence-electron chi connectivity index (χ1n) is 4.91. The van der Waals surface area contributed by atoms with Crippen molar-refractivity contribution in [2.45, 2.75) is 32.9 Å². The Bertz CT molecular complexity index is 250. The van der Waals surface area contributed by atoms with Gasteiger partial charge in [-0.2, -0.15) is 0 Å². The van der Waals surface area contributed by atoms with E-state index in [1.807, 2.05) is 0 Å². The molecule has 0 bridgehead atoms. The molecule has 1 aromatic heterocycles. The largest absolute Gasteiger partial charge is 0.373 e. The predicted octanol–water partition coefficient (Wildman–Crippen LogP) is -0.0515. The van der Waals surface area contributed by atoms with Crippen molar-refractivity contribution in [3.05, 3.63) is 5.82 Å². The Labute approximate surface area is 83.4 Å². The molecule has 0 aliphatic heterocycles. The summed E-state index contributed by atoms with van der Waals surface area (Å²) in [7, 11) is 0. The molecule has 0 saturated carbocycles. The third-order valence-corrected chi connectivity index (χ3v) is 1.76. The number of hydrogen-bond acceptors (Lipinski definition) is 5. The van der Waals surface area contributed by atoms with E-state index >= 15 is 0 Å². The van der Waals surface area contributed by atoms with Gasteiger partial charge in [0, 0.05) is 13.2 Å². The molecule has 0 radical (unpaired) electrons. The molecule has 1 aromatic rings. The van der Waals surface area contributed by atoms with E-state index < -0.39 is 0 Å². The molecule has 0 saturated heterocycles. The normalized spacial score (nSPS) is 10.7. The summed E-state index contributed by atoms with van der Waals surface area (Å²) in [6.45, 7) is 4.69. The van der Waals surface area contributed by atoms with Gasteiger partial charge in [0.25, 0.3) is 0 Å². The number of aromatic nitrogens is 4. The van der Waals surface area contributed by atoms with Gasteiger partial charge >= 0.3 is 0 Å². The zero-order valence-electron chi connectivity index (χ0n) is 8.52. The number of hydrogen-bond donors (Lipinski definition) is 1. The highest BCUT2D eigenvalue weighted by atomic mass is 16.5. The van der Waals surface area contributed by atoms with Crippen molar-refractivity contribution in [2.75, 3.05) is 13.2 Å². The van der Waals surface area contributed by atoms with Gasteiger partial charge in [-0.1, -0.05) is 6.92 Å². The predicted molar refractivity (Wildman–Crippen MR) is 51.4 cm³/mol. The Hall–Kier alpha value is -1.01. The molecule has 6 heteroatoms. The quantitative estimate of drug-likeness (QED) is 0.623. The second kappa shape index (κ2) is 6.44. The Balaban J connectivity index is 2.37. The van der Waals surface area contributed by atoms with E-state index in [-0.39, 0.29) is 0 Å². The minimum atomic E-state index is 0.478. The maximum atomic E-state index is 5.40. The van der Waals surface area contributed by atoms with Crippen LogP contribution in [0.3, 0.4) is 0 Å². The van der Waals surface area contributed by atoms with Crippen molar-refractivity contribution < 1.29 is 4.74 Å². The van der Waals surface area contributed by atoms with Crippen LogP contribution < -0.4 is 5.73 Å². The highest BCUT2D eigenvalue weighted by Gasteiger charge is 2.04. The van der Waals surface area contributed by atoms with Crippen LogP contribution in [-0.2, 0) is 17.9 Å². The van der Waals surface area contributed by atoms with Crippen molar-refractivity contribution in [3.8, 4) is 0 Å². The molecular formula is C8H17N5O. The number of nitrogens with two attached hydrogens (primary N) is 1. The summed E-state index contributed by atoms with van der Waals surface area (Å²) in [5.41, 5.74) is 5.40. The lowest BCUT2D eigenvalue weighted by Crippen LogP contribution is -2.11. The second-order valence-corrected chi connectivity index (χ2v) is 3.01. The molecule has 0 aliphatic rings. The fourth-order valence-electron chi connectivity index (χ4n) is 1.05. The average molecular weight is 199 g/mol. The van der Waals surface area contributed by atoms with E-state index in [2.05, 4.69) is 22.4 Å². The fraction of sp³-hybridized carbons (Fsp3) is 0.875. The van der Waals surface area contributed by atoms with Gasteiger partial charge in [0.05, 0.1) is 0 Å². The lowest BCUT2D eigenvalue weighted by atomic mass is 10.4. The first-order chi connectivity index (χ1) is 6.88. The van der Waals surface area contributed by atoms with E-state index in [0.29, 0.717) is 13.2 Å². The highest BCUT2D eigenvalue weighted by Crippen LogP contribution is 1.97. The minimum Gasteiger partial charge on any atom is -0.373 e. The van der Waals surface area contributed by atoms with Crippen LogP contribution in [0.4, 0.5) is 0 Å². The number of tetrazole rings is 1. The first kappa shape index (κ1) is 11.1. The van der Waals surface area contributed by atoms with Gasteiger partial charge in [-0.25, -0.2) is 4.68 Å². The second-order valence-electron chi connectivity index (χ2n) is 3.01. The number of nitrogens with zero attached hydrogens (tertiary/aromatic N) is 4. The van der Waals surface area contributed by atoms with Gasteiger partial charge in [0.1, 0.15) is 6.61 Å². The average Bonchev–Trinajstić information content (AvgIpc) is 2.63. The zero-order chi connectivity index (χ0) is 10.2. The molecule has 6 nitrogen and oxygen atoms in total. The SMILES string of the molecule is CCCOCc1nnnn1CCCN. The van der Waals surface area contributed by atoms with E-state index in [1.165, 1.54) is 0 Å². The maximum absolute atomic E-state index is 5.40. The van der Waals surface area contributed by atoms with Crippen molar-refractivity contribution in [2.24, 2.45) is 5.73 Å². The number of aryl methyl sites for hydroxylation is 1. The molecule has 1 heterocycles. The van der Waals surface area contributed by atoms with E-state index in [1.54, 1.807) is 4.68 Å². The maximum Gasteiger partial charge on any atom is 0.177 e. The molecular weight excluding hydrogens is 182 g/mol. The van der Waals surface area contributed by atoms with Crippen molar-refractivity contribution >= 4 is 0 Å². The minimum absolute atomic E-state index is 0.478. The molecule has 0 aliphatic carbocycles. The standard InChI is InChI=1S/C8H17N5O/c1-2-6-14-7-8-10-11-12-13(8)5-3-4-9/h2-7,9H2,1H3. The number of ether oxygens (including phenoxy) is 1. The molecule has 1 rings (SSSR count). The molecule has 0 spiro atoms.